The minimum atomic E-state index is -0.0363. The fourth-order valence-electron chi connectivity index (χ4n) is 4.21. The van der Waals surface area contributed by atoms with Crippen molar-refractivity contribution in [1.29, 1.82) is 0 Å². The highest BCUT2D eigenvalue weighted by Crippen LogP contribution is 2.26. The van der Waals surface area contributed by atoms with Crippen LogP contribution in [0.3, 0.4) is 0 Å². The van der Waals surface area contributed by atoms with Gasteiger partial charge in [0.25, 0.3) is 5.91 Å². The van der Waals surface area contributed by atoms with Gasteiger partial charge in [-0.25, -0.2) is 4.98 Å². The highest BCUT2D eigenvalue weighted by molar-refractivity contribution is 6.06. The molecule has 1 amide bonds. The Morgan fingerprint density at radius 3 is 2.75 bits per heavy atom. The summed E-state index contributed by atoms with van der Waals surface area (Å²) in [4.78, 5) is 20.1. The monoisotopic (exact) mass is 377 g/mol. The number of rotatable bonds is 4. The number of aromatic nitrogens is 3. The third-order valence-corrected chi connectivity index (χ3v) is 5.73. The SMILES string of the molecule is Cc1cc(C(=O)NC2CCN(C(C)c3ccccc3)C2)c2c(C)nn(C)c2n1. The molecule has 2 unspecified atom stereocenters. The van der Waals surface area contributed by atoms with E-state index >= 15 is 0 Å². The van der Waals surface area contributed by atoms with Gasteiger partial charge in [-0.3, -0.25) is 14.4 Å². The van der Waals surface area contributed by atoms with Gasteiger partial charge in [-0.1, -0.05) is 30.3 Å². The first-order valence-corrected chi connectivity index (χ1v) is 9.85. The molecule has 2 atom stereocenters. The Kier molecular flexibility index (Phi) is 4.89. The van der Waals surface area contributed by atoms with Crippen LogP contribution in [-0.4, -0.2) is 44.7 Å². The smallest absolute Gasteiger partial charge is 0.252 e. The maximum atomic E-state index is 13.1. The van der Waals surface area contributed by atoms with Gasteiger partial charge in [0, 0.05) is 37.9 Å². The highest BCUT2D eigenvalue weighted by atomic mass is 16.1. The van der Waals surface area contributed by atoms with Crippen LogP contribution in [0, 0.1) is 13.8 Å². The average molecular weight is 377 g/mol. The van der Waals surface area contributed by atoms with Gasteiger partial charge in [0.05, 0.1) is 16.6 Å². The molecule has 6 nitrogen and oxygen atoms in total. The van der Waals surface area contributed by atoms with Crippen molar-refractivity contribution in [3.05, 3.63) is 58.9 Å². The zero-order valence-corrected chi connectivity index (χ0v) is 16.9. The Morgan fingerprint density at radius 1 is 1.25 bits per heavy atom. The zero-order chi connectivity index (χ0) is 19.8. The van der Waals surface area contributed by atoms with E-state index in [1.807, 2.05) is 33.0 Å². The molecule has 0 radical (unpaired) electrons. The number of carbonyl (C=O) groups excluding carboxylic acids is 1. The van der Waals surface area contributed by atoms with Crippen molar-refractivity contribution in [3.8, 4) is 0 Å². The van der Waals surface area contributed by atoms with Crippen LogP contribution in [0.5, 0.6) is 0 Å². The third kappa shape index (κ3) is 3.40. The molecule has 3 aromatic rings. The number of likely N-dealkylation sites (tertiary alicyclic amines) is 1. The van der Waals surface area contributed by atoms with Gasteiger partial charge >= 0.3 is 0 Å². The van der Waals surface area contributed by atoms with Gasteiger partial charge in [0.15, 0.2) is 5.65 Å². The number of hydrogen-bond donors (Lipinski definition) is 1. The zero-order valence-electron chi connectivity index (χ0n) is 16.9. The van der Waals surface area contributed by atoms with Gasteiger partial charge in [-0.2, -0.15) is 5.10 Å². The van der Waals surface area contributed by atoms with E-state index in [0.717, 1.165) is 41.9 Å². The Balaban J connectivity index is 1.50. The van der Waals surface area contributed by atoms with E-state index in [9.17, 15) is 4.79 Å². The van der Waals surface area contributed by atoms with Crippen LogP contribution in [0.4, 0.5) is 0 Å². The Labute approximate surface area is 165 Å². The van der Waals surface area contributed by atoms with Crippen molar-refractivity contribution in [2.45, 2.75) is 39.3 Å². The van der Waals surface area contributed by atoms with Crippen LogP contribution < -0.4 is 5.32 Å². The lowest BCUT2D eigenvalue weighted by molar-refractivity contribution is 0.0938. The van der Waals surface area contributed by atoms with E-state index in [4.69, 9.17) is 0 Å². The number of carbonyl (C=O) groups is 1. The minimum Gasteiger partial charge on any atom is -0.348 e. The molecule has 146 valence electrons. The fourth-order valence-corrected chi connectivity index (χ4v) is 4.21. The first-order chi connectivity index (χ1) is 13.4. The van der Waals surface area contributed by atoms with Crippen LogP contribution >= 0.6 is 0 Å². The van der Waals surface area contributed by atoms with Crippen molar-refractivity contribution in [1.82, 2.24) is 25.0 Å². The molecule has 1 saturated heterocycles. The summed E-state index contributed by atoms with van der Waals surface area (Å²) in [7, 11) is 1.86. The molecular weight excluding hydrogens is 350 g/mol. The second-order valence-electron chi connectivity index (χ2n) is 7.76. The molecule has 3 heterocycles. The number of fused-ring (bicyclic) bond motifs is 1. The lowest BCUT2D eigenvalue weighted by Crippen LogP contribution is -2.37. The standard InChI is InChI=1S/C22H27N5O/c1-14-12-19(20-15(2)25-26(4)21(20)23-14)22(28)24-18-10-11-27(13-18)16(3)17-8-6-5-7-9-17/h5-9,12,16,18H,10-11,13H2,1-4H3,(H,24,28). The molecule has 1 aliphatic heterocycles. The van der Waals surface area contributed by atoms with Crippen LogP contribution in [0.25, 0.3) is 11.0 Å². The minimum absolute atomic E-state index is 0.0363. The summed E-state index contributed by atoms with van der Waals surface area (Å²) in [5.74, 6) is -0.0363. The number of nitrogens with zero attached hydrogens (tertiary/aromatic N) is 4. The molecule has 6 heteroatoms. The molecule has 1 N–H and O–H groups in total. The van der Waals surface area contributed by atoms with Crippen molar-refractivity contribution in [3.63, 3.8) is 0 Å². The average Bonchev–Trinajstić information content (AvgIpc) is 3.26. The summed E-state index contributed by atoms with van der Waals surface area (Å²) in [5, 5.41) is 8.53. The van der Waals surface area contributed by atoms with Crippen LogP contribution in [-0.2, 0) is 7.05 Å². The molecule has 1 aliphatic rings. The number of nitrogens with one attached hydrogen (secondary N) is 1. The predicted octanol–water partition coefficient (Wildman–Crippen LogP) is 3.15. The maximum absolute atomic E-state index is 13.1. The van der Waals surface area contributed by atoms with Gasteiger partial charge < -0.3 is 5.32 Å². The molecule has 0 bridgehead atoms. The van der Waals surface area contributed by atoms with E-state index < -0.39 is 0 Å². The summed E-state index contributed by atoms with van der Waals surface area (Å²) < 4.78 is 1.74. The summed E-state index contributed by atoms with van der Waals surface area (Å²) >= 11 is 0. The summed E-state index contributed by atoms with van der Waals surface area (Å²) in [6.07, 6.45) is 0.960. The molecule has 0 aliphatic carbocycles. The van der Waals surface area contributed by atoms with E-state index in [-0.39, 0.29) is 11.9 Å². The van der Waals surface area contributed by atoms with Crippen molar-refractivity contribution >= 4 is 16.9 Å². The lowest BCUT2D eigenvalue weighted by Gasteiger charge is -2.24. The first-order valence-electron chi connectivity index (χ1n) is 9.85. The normalized spacial score (nSPS) is 18.5. The summed E-state index contributed by atoms with van der Waals surface area (Å²) in [5.41, 5.74) is 4.40. The Hall–Kier alpha value is -2.73. The molecule has 1 aromatic carbocycles. The molecule has 2 aromatic heterocycles. The van der Waals surface area contributed by atoms with Gasteiger partial charge in [0.1, 0.15) is 0 Å². The number of hydrogen-bond acceptors (Lipinski definition) is 4. The van der Waals surface area contributed by atoms with Gasteiger partial charge in [-0.05, 0) is 38.8 Å². The molecule has 1 fully saturated rings. The third-order valence-electron chi connectivity index (χ3n) is 5.73. The quantitative estimate of drug-likeness (QED) is 0.759. The highest BCUT2D eigenvalue weighted by Gasteiger charge is 2.29. The molecule has 4 rings (SSSR count). The number of pyridine rings is 1. The van der Waals surface area contributed by atoms with Gasteiger partial charge in [-0.15, -0.1) is 0 Å². The van der Waals surface area contributed by atoms with E-state index in [0.29, 0.717) is 11.6 Å². The molecule has 28 heavy (non-hydrogen) atoms. The second kappa shape index (κ2) is 7.36. The predicted molar refractivity (Wildman–Crippen MR) is 110 cm³/mol. The Morgan fingerprint density at radius 2 is 2.00 bits per heavy atom. The van der Waals surface area contributed by atoms with E-state index in [2.05, 4.69) is 51.5 Å². The molecule has 0 spiro atoms. The number of aryl methyl sites for hydroxylation is 3. The lowest BCUT2D eigenvalue weighted by atomic mass is 10.1. The van der Waals surface area contributed by atoms with Gasteiger partial charge in [0.2, 0.25) is 0 Å². The fraction of sp³-hybridized carbons (Fsp3) is 0.409. The topological polar surface area (TPSA) is 63.1 Å². The molecular formula is C22H27N5O. The van der Waals surface area contributed by atoms with E-state index in [1.165, 1.54) is 5.56 Å². The maximum Gasteiger partial charge on any atom is 0.252 e. The van der Waals surface area contributed by atoms with Crippen molar-refractivity contribution < 1.29 is 4.79 Å². The summed E-state index contributed by atoms with van der Waals surface area (Å²) in [6.45, 7) is 7.92. The second-order valence-corrected chi connectivity index (χ2v) is 7.76. The van der Waals surface area contributed by atoms with Crippen LogP contribution in [0.2, 0.25) is 0 Å². The largest absolute Gasteiger partial charge is 0.348 e. The Bertz CT molecular complexity index is 1010. The van der Waals surface area contributed by atoms with Crippen LogP contribution in [0.1, 0.15) is 46.7 Å². The van der Waals surface area contributed by atoms with Crippen molar-refractivity contribution in [2.75, 3.05) is 13.1 Å². The van der Waals surface area contributed by atoms with Crippen molar-refractivity contribution in [2.24, 2.45) is 7.05 Å². The first kappa shape index (κ1) is 18.6. The molecule has 0 saturated carbocycles. The summed E-state index contributed by atoms with van der Waals surface area (Å²) in [6, 6.07) is 12.9. The number of amides is 1. The van der Waals surface area contributed by atoms with E-state index in [1.54, 1.807) is 4.68 Å². The number of benzene rings is 1. The van der Waals surface area contributed by atoms with Crippen LogP contribution in [0.15, 0.2) is 36.4 Å².